The van der Waals surface area contributed by atoms with Gasteiger partial charge in [0.15, 0.2) is 5.69 Å². The zero-order valence-corrected chi connectivity index (χ0v) is 15.1. The maximum atomic E-state index is 13.0. The fourth-order valence-electron chi connectivity index (χ4n) is 2.90. The van der Waals surface area contributed by atoms with Gasteiger partial charge in [-0.25, -0.2) is 9.97 Å². The van der Waals surface area contributed by atoms with Gasteiger partial charge in [-0.15, -0.1) is 0 Å². The third-order valence-corrected chi connectivity index (χ3v) is 4.24. The summed E-state index contributed by atoms with van der Waals surface area (Å²) < 4.78 is 38.9. The van der Waals surface area contributed by atoms with Crippen LogP contribution in [0.5, 0.6) is 0 Å². The monoisotopic (exact) mass is 392 g/mol. The van der Waals surface area contributed by atoms with E-state index in [0.29, 0.717) is 17.6 Å². The van der Waals surface area contributed by atoms with Crippen LogP contribution in [0.2, 0.25) is 0 Å². The molecule has 2 aromatic rings. The van der Waals surface area contributed by atoms with Gasteiger partial charge in [-0.2, -0.15) is 23.4 Å². The quantitative estimate of drug-likeness (QED) is 0.615. The van der Waals surface area contributed by atoms with E-state index in [4.69, 9.17) is 0 Å². The summed E-state index contributed by atoms with van der Waals surface area (Å²) in [5, 5.41) is 21.1. The zero-order valence-electron chi connectivity index (χ0n) is 15.1. The first-order valence-corrected chi connectivity index (χ1v) is 8.67. The van der Waals surface area contributed by atoms with Gasteiger partial charge in [0.05, 0.1) is 17.6 Å². The van der Waals surface area contributed by atoms with Gasteiger partial charge in [0.2, 0.25) is 5.95 Å². The Morgan fingerprint density at radius 3 is 2.75 bits per heavy atom. The van der Waals surface area contributed by atoms with Crippen molar-refractivity contribution in [2.45, 2.75) is 25.1 Å². The molecule has 0 aromatic carbocycles. The summed E-state index contributed by atoms with van der Waals surface area (Å²) in [4.78, 5) is 11.7. The molecule has 0 saturated carbocycles. The third kappa shape index (κ3) is 4.58. The van der Waals surface area contributed by atoms with Crippen molar-refractivity contribution in [2.24, 2.45) is 0 Å². The minimum atomic E-state index is -4.56. The first-order valence-electron chi connectivity index (χ1n) is 8.67. The highest BCUT2D eigenvalue weighted by molar-refractivity contribution is 5.65. The molecular formula is C17H19F3N8. The zero-order chi connectivity index (χ0) is 20.1. The van der Waals surface area contributed by atoms with Gasteiger partial charge < -0.3 is 21.3 Å². The van der Waals surface area contributed by atoms with Crippen molar-refractivity contribution >= 4 is 23.1 Å². The van der Waals surface area contributed by atoms with Crippen LogP contribution in [0.3, 0.4) is 0 Å². The lowest BCUT2D eigenvalue weighted by atomic mass is 10.1. The minimum Gasteiger partial charge on any atom is -0.379 e. The fourth-order valence-corrected chi connectivity index (χ4v) is 2.90. The number of anilines is 4. The molecule has 148 valence electrons. The molecule has 1 aliphatic heterocycles. The molecule has 0 radical (unpaired) electrons. The summed E-state index contributed by atoms with van der Waals surface area (Å²) in [6.07, 6.45) is -0.452. The van der Waals surface area contributed by atoms with Crippen LogP contribution in [-0.4, -0.2) is 41.1 Å². The Labute approximate surface area is 159 Å². The number of nitrogens with zero attached hydrogens (tertiary/aromatic N) is 4. The lowest BCUT2D eigenvalue weighted by Gasteiger charge is -2.25. The first kappa shape index (κ1) is 19.6. The molecule has 4 N–H and O–H groups in total. The van der Waals surface area contributed by atoms with Crippen LogP contribution in [0.25, 0.3) is 0 Å². The molecule has 0 unspecified atom stereocenters. The summed E-state index contributed by atoms with van der Waals surface area (Å²) in [5.41, 5.74) is 0.278. The van der Waals surface area contributed by atoms with Gasteiger partial charge in [0.1, 0.15) is 17.5 Å². The Bertz CT molecular complexity index is 872. The Hall–Kier alpha value is -3.13. The molecule has 1 aliphatic rings. The Morgan fingerprint density at radius 1 is 1.29 bits per heavy atom. The van der Waals surface area contributed by atoms with Crippen LogP contribution in [0.1, 0.15) is 24.1 Å². The molecule has 1 fully saturated rings. The Morgan fingerprint density at radius 2 is 2.11 bits per heavy atom. The Balaban J connectivity index is 1.82. The topological polar surface area (TPSA) is 111 Å². The van der Waals surface area contributed by atoms with Gasteiger partial charge in [-0.3, -0.25) is 0 Å². The van der Waals surface area contributed by atoms with E-state index in [0.717, 1.165) is 25.9 Å². The summed E-state index contributed by atoms with van der Waals surface area (Å²) in [5.74, 6) is -0.354. The fraction of sp³-hybridized carbons (Fsp3) is 0.412. The van der Waals surface area contributed by atoms with Gasteiger partial charge >= 0.3 is 6.18 Å². The SMILES string of the molecule is CNc1nc(Nc2cnc(C#N)c(N[C@H]3CCCNC3)c2)ncc1C(F)(F)F. The van der Waals surface area contributed by atoms with Crippen molar-refractivity contribution in [3.05, 3.63) is 29.7 Å². The lowest BCUT2D eigenvalue weighted by Crippen LogP contribution is -2.38. The third-order valence-electron chi connectivity index (χ3n) is 4.24. The summed E-state index contributed by atoms with van der Waals surface area (Å²) in [6.45, 7) is 1.73. The molecule has 8 nitrogen and oxygen atoms in total. The smallest absolute Gasteiger partial charge is 0.379 e. The highest BCUT2D eigenvalue weighted by Crippen LogP contribution is 2.34. The molecule has 0 bridgehead atoms. The summed E-state index contributed by atoms with van der Waals surface area (Å²) >= 11 is 0. The summed E-state index contributed by atoms with van der Waals surface area (Å²) in [6, 6.07) is 3.86. The van der Waals surface area contributed by atoms with E-state index in [1.807, 2.05) is 6.07 Å². The van der Waals surface area contributed by atoms with E-state index < -0.39 is 11.7 Å². The summed E-state index contributed by atoms with van der Waals surface area (Å²) in [7, 11) is 1.35. The molecule has 1 saturated heterocycles. The number of rotatable bonds is 5. The number of hydrogen-bond acceptors (Lipinski definition) is 8. The molecular weight excluding hydrogens is 373 g/mol. The number of hydrogen-bond donors (Lipinski definition) is 4. The standard InChI is InChI=1S/C17H19F3N8/c1-22-15-12(17(18,19)20)9-25-16(28-15)27-11-5-13(14(6-21)24-8-11)26-10-3-2-4-23-7-10/h5,8-10,23,26H,2-4,7H2,1H3,(H2,22,25,27,28)/t10-/m0/s1. The molecule has 1 atom stereocenters. The number of aromatic nitrogens is 3. The van der Waals surface area contributed by atoms with Crippen molar-refractivity contribution in [3.8, 4) is 6.07 Å². The molecule has 3 heterocycles. The van der Waals surface area contributed by atoms with E-state index in [9.17, 15) is 18.4 Å². The number of halogens is 3. The molecule has 2 aromatic heterocycles. The van der Waals surface area contributed by atoms with Crippen LogP contribution in [0, 0.1) is 11.3 Å². The number of alkyl halides is 3. The normalized spacial score (nSPS) is 16.9. The second-order valence-electron chi connectivity index (χ2n) is 6.25. The average Bonchev–Trinajstić information content (AvgIpc) is 2.68. The molecule has 0 spiro atoms. The van der Waals surface area contributed by atoms with Crippen molar-refractivity contribution < 1.29 is 13.2 Å². The number of nitriles is 1. The van der Waals surface area contributed by atoms with Crippen molar-refractivity contribution in [1.82, 2.24) is 20.3 Å². The van der Waals surface area contributed by atoms with Crippen molar-refractivity contribution in [1.29, 1.82) is 5.26 Å². The second kappa shape index (κ2) is 8.26. The van der Waals surface area contributed by atoms with E-state index >= 15 is 0 Å². The van der Waals surface area contributed by atoms with Gasteiger partial charge in [-0.1, -0.05) is 0 Å². The van der Waals surface area contributed by atoms with Crippen molar-refractivity contribution in [3.63, 3.8) is 0 Å². The maximum Gasteiger partial charge on any atom is 0.421 e. The van der Waals surface area contributed by atoms with E-state index in [-0.39, 0.29) is 23.5 Å². The first-order chi connectivity index (χ1) is 13.4. The highest BCUT2D eigenvalue weighted by atomic mass is 19.4. The number of piperidine rings is 1. The van der Waals surface area contributed by atoms with Gasteiger partial charge in [0.25, 0.3) is 0 Å². The Kier molecular flexibility index (Phi) is 5.79. The van der Waals surface area contributed by atoms with Crippen LogP contribution < -0.4 is 21.3 Å². The predicted octanol–water partition coefficient (Wildman–Crippen LogP) is 2.71. The molecule has 3 rings (SSSR count). The van der Waals surface area contributed by atoms with Gasteiger partial charge in [-0.05, 0) is 25.5 Å². The van der Waals surface area contributed by atoms with Gasteiger partial charge in [0, 0.05) is 25.8 Å². The lowest BCUT2D eigenvalue weighted by molar-refractivity contribution is -0.137. The number of pyridine rings is 1. The number of nitrogens with one attached hydrogen (secondary N) is 4. The molecule has 28 heavy (non-hydrogen) atoms. The van der Waals surface area contributed by atoms with Crippen LogP contribution in [-0.2, 0) is 6.18 Å². The maximum absolute atomic E-state index is 13.0. The average molecular weight is 392 g/mol. The largest absolute Gasteiger partial charge is 0.421 e. The molecule has 0 amide bonds. The van der Waals surface area contributed by atoms with E-state index in [2.05, 4.69) is 36.2 Å². The predicted molar refractivity (Wildman–Crippen MR) is 98.3 cm³/mol. The van der Waals surface area contributed by atoms with E-state index in [1.54, 1.807) is 6.07 Å². The van der Waals surface area contributed by atoms with Crippen LogP contribution >= 0.6 is 0 Å². The van der Waals surface area contributed by atoms with Crippen LogP contribution in [0.4, 0.5) is 36.3 Å². The molecule has 0 aliphatic carbocycles. The molecule has 11 heteroatoms. The van der Waals surface area contributed by atoms with E-state index in [1.165, 1.54) is 13.2 Å². The van der Waals surface area contributed by atoms with Crippen LogP contribution in [0.15, 0.2) is 18.5 Å². The highest BCUT2D eigenvalue weighted by Gasteiger charge is 2.35. The van der Waals surface area contributed by atoms with Crippen molar-refractivity contribution in [2.75, 3.05) is 36.1 Å². The second-order valence-corrected chi connectivity index (χ2v) is 6.25. The minimum absolute atomic E-state index is 0.0193.